The van der Waals surface area contributed by atoms with Gasteiger partial charge in [-0.15, -0.1) is 0 Å². The van der Waals surface area contributed by atoms with Crippen LogP contribution in [0.4, 0.5) is 5.69 Å². The highest BCUT2D eigenvalue weighted by molar-refractivity contribution is 9.10. The van der Waals surface area contributed by atoms with Crippen molar-refractivity contribution in [1.82, 2.24) is 0 Å². The molecule has 18 heavy (non-hydrogen) atoms. The fraction of sp³-hybridized carbons (Fsp3) is 0. The summed E-state index contributed by atoms with van der Waals surface area (Å²) in [5.74, 6) is -1.30. The van der Waals surface area contributed by atoms with Crippen LogP contribution in [-0.4, -0.2) is 17.0 Å². The highest BCUT2D eigenvalue weighted by Gasteiger charge is 2.10. The van der Waals surface area contributed by atoms with E-state index in [0.717, 1.165) is 0 Å². The predicted octanol–water partition coefficient (Wildman–Crippen LogP) is 3.46. The molecule has 1 heterocycles. The van der Waals surface area contributed by atoms with Crippen LogP contribution in [0.15, 0.2) is 39.5 Å². The van der Waals surface area contributed by atoms with Crippen molar-refractivity contribution in [3.05, 3.63) is 50.6 Å². The molecule has 0 radical (unpaired) electrons. The largest absolute Gasteiger partial charge is 0.478 e. The molecule has 0 saturated carbocycles. The van der Waals surface area contributed by atoms with Crippen molar-refractivity contribution in [2.24, 2.45) is 0 Å². The number of carboxylic acid groups (broad SMARTS) is 1. The highest BCUT2D eigenvalue weighted by atomic mass is 79.9. The van der Waals surface area contributed by atoms with Crippen molar-refractivity contribution in [3.63, 3.8) is 0 Å². The Labute approximate surface area is 115 Å². The summed E-state index contributed by atoms with van der Waals surface area (Å²) in [7, 11) is 0. The van der Waals surface area contributed by atoms with Gasteiger partial charge in [0, 0.05) is 15.5 Å². The summed E-state index contributed by atoms with van der Waals surface area (Å²) in [6.07, 6.45) is 0. The van der Waals surface area contributed by atoms with Crippen LogP contribution in [-0.2, 0) is 0 Å². The maximum atomic E-state index is 11.8. The van der Waals surface area contributed by atoms with Gasteiger partial charge in [-0.05, 0) is 29.6 Å². The Morgan fingerprint density at radius 1 is 1.22 bits per heavy atom. The fourth-order valence-corrected chi connectivity index (χ4v) is 2.51. The number of halogens is 1. The van der Waals surface area contributed by atoms with Crippen LogP contribution < -0.4 is 5.32 Å². The molecular weight excluding hydrogens is 318 g/mol. The van der Waals surface area contributed by atoms with Crippen LogP contribution in [0.3, 0.4) is 0 Å². The summed E-state index contributed by atoms with van der Waals surface area (Å²) in [4.78, 5) is 22.7. The van der Waals surface area contributed by atoms with E-state index >= 15 is 0 Å². The average molecular weight is 326 g/mol. The monoisotopic (exact) mass is 325 g/mol. The van der Waals surface area contributed by atoms with Gasteiger partial charge in [0.25, 0.3) is 5.91 Å². The number of rotatable bonds is 3. The van der Waals surface area contributed by atoms with Gasteiger partial charge in [0.05, 0.1) is 11.1 Å². The van der Waals surface area contributed by atoms with Crippen LogP contribution in [0.25, 0.3) is 0 Å². The van der Waals surface area contributed by atoms with Gasteiger partial charge >= 0.3 is 5.97 Å². The van der Waals surface area contributed by atoms with E-state index in [0.29, 0.717) is 15.7 Å². The SMILES string of the molecule is O=C(O)c1cc(Br)cc(NC(=O)c2ccsc2)c1. The Morgan fingerprint density at radius 2 is 2.00 bits per heavy atom. The Kier molecular flexibility index (Phi) is 3.78. The zero-order valence-electron chi connectivity index (χ0n) is 9.01. The molecule has 2 aromatic rings. The van der Waals surface area contributed by atoms with E-state index < -0.39 is 5.97 Å². The van der Waals surface area contributed by atoms with Crippen molar-refractivity contribution in [1.29, 1.82) is 0 Å². The summed E-state index contributed by atoms with van der Waals surface area (Å²) < 4.78 is 0.600. The van der Waals surface area contributed by atoms with E-state index in [1.165, 1.54) is 23.5 Å². The Morgan fingerprint density at radius 3 is 2.61 bits per heavy atom. The lowest BCUT2D eigenvalue weighted by atomic mass is 10.2. The van der Waals surface area contributed by atoms with Crippen molar-refractivity contribution in [2.45, 2.75) is 0 Å². The third kappa shape index (κ3) is 2.96. The minimum absolute atomic E-state index is 0.116. The molecule has 6 heteroatoms. The van der Waals surface area contributed by atoms with E-state index in [-0.39, 0.29) is 11.5 Å². The van der Waals surface area contributed by atoms with Crippen LogP contribution in [0, 0.1) is 0 Å². The number of carbonyl (C=O) groups is 2. The average Bonchev–Trinajstić information content (AvgIpc) is 2.81. The second-order valence-electron chi connectivity index (χ2n) is 3.50. The number of carboxylic acids is 1. The van der Waals surface area contributed by atoms with Crippen LogP contribution in [0.1, 0.15) is 20.7 Å². The summed E-state index contributed by atoms with van der Waals surface area (Å²) in [5, 5.41) is 15.1. The van der Waals surface area contributed by atoms with Crippen molar-refractivity contribution < 1.29 is 14.7 Å². The fourth-order valence-electron chi connectivity index (χ4n) is 1.38. The number of amides is 1. The van der Waals surface area contributed by atoms with Crippen LogP contribution in [0.2, 0.25) is 0 Å². The molecule has 0 bridgehead atoms. The molecule has 0 atom stereocenters. The predicted molar refractivity (Wildman–Crippen MR) is 73.4 cm³/mol. The quantitative estimate of drug-likeness (QED) is 0.908. The van der Waals surface area contributed by atoms with E-state index in [2.05, 4.69) is 21.2 Å². The number of hydrogen-bond acceptors (Lipinski definition) is 3. The Balaban J connectivity index is 2.24. The summed E-state index contributed by atoms with van der Waals surface area (Å²) in [6.45, 7) is 0. The lowest BCUT2D eigenvalue weighted by Crippen LogP contribution is -2.11. The smallest absolute Gasteiger partial charge is 0.335 e. The van der Waals surface area contributed by atoms with Crippen molar-refractivity contribution >= 4 is 44.8 Å². The van der Waals surface area contributed by atoms with Gasteiger partial charge < -0.3 is 10.4 Å². The summed E-state index contributed by atoms with van der Waals surface area (Å²) >= 11 is 4.63. The normalized spacial score (nSPS) is 10.1. The molecule has 0 aliphatic heterocycles. The number of anilines is 1. The first-order chi connectivity index (χ1) is 8.56. The molecule has 0 saturated heterocycles. The van der Waals surface area contributed by atoms with E-state index in [1.54, 1.807) is 22.9 Å². The second kappa shape index (κ2) is 5.32. The zero-order chi connectivity index (χ0) is 13.1. The van der Waals surface area contributed by atoms with Gasteiger partial charge in [0.1, 0.15) is 0 Å². The first-order valence-corrected chi connectivity index (χ1v) is 6.67. The summed E-state index contributed by atoms with van der Waals surface area (Å²) in [6, 6.07) is 6.24. The zero-order valence-corrected chi connectivity index (χ0v) is 11.4. The number of nitrogens with one attached hydrogen (secondary N) is 1. The molecule has 4 nitrogen and oxygen atoms in total. The third-order valence-electron chi connectivity index (χ3n) is 2.19. The molecular formula is C12H8BrNO3S. The molecule has 1 aromatic carbocycles. The minimum atomic E-state index is -1.04. The number of carbonyl (C=O) groups excluding carboxylic acids is 1. The highest BCUT2D eigenvalue weighted by Crippen LogP contribution is 2.20. The lowest BCUT2D eigenvalue weighted by molar-refractivity contribution is 0.0696. The Hall–Kier alpha value is -1.66. The molecule has 1 amide bonds. The maximum absolute atomic E-state index is 11.8. The topological polar surface area (TPSA) is 66.4 Å². The minimum Gasteiger partial charge on any atom is -0.478 e. The molecule has 92 valence electrons. The Bertz CT molecular complexity index is 595. The number of benzene rings is 1. The maximum Gasteiger partial charge on any atom is 0.335 e. The van der Waals surface area contributed by atoms with E-state index in [9.17, 15) is 9.59 Å². The van der Waals surface area contributed by atoms with Gasteiger partial charge in [-0.3, -0.25) is 4.79 Å². The number of hydrogen-bond donors (Lipinski definition) is 2. The van der Waals surface area contributed by atoms with E-state index in [4.69, 9.17) is 5.11 Å². The molecule has 0 fully saturated rings. The van der Waals surface area contributed by atoms with Gasteiger partial charge in [-0.2, -0.15) is 11.3 Å². The number of aromatic carboxylic acids is 1. The van der Waals surface area contributed by atoms with E-state index in [1.807, 2.05) is 0 Å². The lowest BCUT2D eigenvalue weighted by Gasteiger charge is -2.06. The van der Waals surface area contributed by atoms with Crippen molar-refractivity contribution in [3.8, 4) is 0 Å². The van der Waals surface area contributed by atoms with Crippen LogP contribution >= 0.6 is 27.3 Å². The number of thiophene rings is 1. The molecule has 2 N–H and O–H groups in total. The standard InChI is InChI=1S/C12H8BrNO3S/c13-9-3-8(12(16)17)4-10(5-9)14-11(15)7-1-2-18-6-7/h1-6H,(H,14,15)(H,16,17). The molecule has 2 rings (SSSR count). The summed E-state index contributed by atoms with van der Waals surface area (Å²) in [5.41, 5.74) is 1.11. The molecule has 0 spiro atoms. The molecule has 1 aromatic heterocycles. The van der Waals surface area contributed by atoms with Crippen molar-refractivity contribution in [2.75, 3.05) is 5.32 Å². The van der Waals surface area contributed by atoms with Gasteiger partial charge in [-0.1, -0.05) is 15.9 Å². The van der Waals surface area contributed by atoms with Gasteiger partial charge in [-0.25, -0.2) is 4.79 Å². The van der Waals surface area contributed by atoms with Gasteiger partial charge in [0.15, 0.2) is 0 Å². The second-order valence-corrected chi connectivity index (χ2v) is 5.20. The first kappa shape index (κ1) is 12.8. The van der Waals surface area contributed by atoms with Gasteiger partial charge in [0.2, 0.25) is 0 Å². The molecule has 0 unspecified atom stereocenters. The first-order valence-electron chi connectivity index (χ1n) is 4.93. The molecule has 0 aliphatic rings. The van der Waals surface area contributed by atoms with Crippen LogP contribution in [0.5, 0.6) is 0 Å². The molecule has 0 aliphatic carbocycles. The third-order valence-corrected chi connectivity index (χ3v) is 3.33.